The number of rotatable bonds is 4. The van der Waals surface area contributed by atoms with E-state index in [9.17, 15) is 0 Å². The zero-order valence-corrected chi connectivity index (χ0v) is 15.0. The Labute approximate surface area is 146 Å². The van der Waals surface area contributed by atoms with Crippen molar-refractivity contribution in [3.05, 3.63) is 41.3 Å². The van der Waals surface area contributed by atoms with Crippen LogP contribution in [-0.2, 0) is 0 Å². The van der Waals surface area contributed by atoms with Crippen LogP contribution in [0.1, 0.15) is 23.4 Å². The summed E-state index contributed by atoms with van der Waals surface area (Å²) in [4.78, 5) is 6.60. The predicted octanol–water partition coefficient (Wildman–Crippen LogP) is 4.09. The number of nitrogens with zero attached hydrogens (tertiary/aromatic N) is 3. The first-order valence-corrected chi connectivity index (χ1v) is 8.87. The third-order valence-electron chi connectivity index (χ3n) is 3.85. The lowest BCUT2D eigenvalue weighted by atomic mass is 10.2. The van der Waals surface area contributed by atoms with Crippen molar-refractivity contribution in [2.75, 3.05) is 31.4 Å². The average Bonchev–Trinajstić information content (AvgIpc) is 3.00. The Morgan fingerprint density at radius 2 is 2.08 bits per heavy atom. The molecular formula is C18H21N3O2S. The van der Waals surface area contributed by atoms with E-state index in [1.54, 1.807) is 18.9 Å². The van der Waals surface area contributed by atoms with Crippen LogP contribution in [0.15, 0.2) is 33.8 Å². The Balaban J connectivity index is 1.87. The highest BCUT2D eigenvalue weighted by atomic mass is 32.2. The van der Waals surface area contributed by atoms with Gasteiger partial charge < -0.3 is 14.2 Å². The van der Waals surface area contributed by atoms with Crippen LogP contribution in [0.3, 0.4) is 0 Å². The summed E-state index contributed by atoms with van der Waals surface area (Å²) in [6, 6.07) is 7.90. The predicted molar refractivity (Wildman–Crippen MR) is 101 cm³/mol. The summed E-state index contributed by atoms with van der Waals surface area (Å²) in [7, 11) is 3.49. The molecule has 0 amide bonds. The molecule has 2 aromatic rings. The number of benzene rings is 1. The topological polar surface area (TPSA) is 50.9 Å². The molecule has 2 heterocycles. The third-order valence-corrected chi connectivity index (χ3v) is 5.00. The van der Waals surface area contributed by atoms with E-state index in [0.717, 1.165) is 52.3 Å². The smallest absolute Gasteiger partial charge is 0.183 e. The molecule has 0 aliphatic carbocycles. The molecule has 1 aliphatic heterocycles. The average molecular weight is 343 g/mol. The van der Waals surface area contributed by atoms with Crippen LogP contribution >= 0.6 is 11.8 Å². The fourth-order valence-corrected chi connectivity index (χ4v) is 3.58. The van der Waals surface area contributed by atoms with E-state index in [1.165, 1.54) is 0 Å². The molecule has 1 aliphatic rings. The Kier molecular flexibility index (Phi) is 5.25. The number of thioether (sulfide) groups is 1. The van der Waals surface area contributed by atoms with Gasteiger partial charge >= 0.3 is 0 Å². The minimum atomic E-state index is 0.756. The Morgan fingerprint density at radius 1 is 1.29 bits per heavy atom. The number of anilines is 1. The van der Waals surface area contributed by atoms with Gasteiger partial charge in [0.2, 0.25) is 0 Å². The molecule has 0 bridgehead atoms. The lowest BCUT2D eigenvalue weighted by Gasteiger charge is -2.28. The molecule has 5 nitrogen and oxygen atoms in total. The number of hydrogen-bond acceptors (Lipinski definition) is 5. The number of aliphatic imine (C=N–C) groups is 1. The van der Waals surface area contributed by atoms with Crippen molar-refractivity contribution >= 4 is 34.8 Å². The van der Waals surface area contributed by atoms with Crippen LogP contribution in [0.2, 0.25) is 0 Å². The number of ether oxygens (including phenoxy) is 1. The lowest BCUT2D eigenvalue weighted by molar-refractivity contribution is 0.408. The van der Waals surface area contributed by atoms with Gasteiger partial charge in [-0.25, -0.2) is 0 Å². The number of hydrogen-bond donors (Lipinski definition) is 0. The van der Waals surface area contributed by atoms with Gasteiger partial charge in [-0.3, -0.25) is 4.99 Å². The Morgan fingerprint density at radius 3 is 2.79 bits per heavy atom. The van der Waals surface area contributed by atoms with Crippen LogP contribution in [0, 0.1) is 6.92 Å². The van der Waals surface area contributed by atoms with Crippen molar-refractivity contribution in [2.45, 2.75) is 13.3 Å². The molecule has 6 heteroatoms. The standard InChI is InChI=1S/C18H21N3O2S/c1-13-17(21-11-4-12-24-18(21)19-2)16(23-20-13)10-7-14-5-8-15(22-3)9-6-14/h5-10H,4,11-12H2,1-3H3/b10-7+,19-18?. The van der Waals surface area contributed by atoms with Crippen LogP contribution in [-0.4, -0.2) is 36.8 Å². The second-order valence-electron chi connectivity index (χ2n) is 5.45. The number of aryl methyl sites for hydroxylation is 1. The molecule has 0 unspecified atom stereocenters. The summed E-state index contributed by atoms with van der Waals surface area (Å²) >= 11 is 1.77. The fraction of sp³-hybridized carbons (Fsp3) is 0.333. The molecule has 0 spiro atoms. The maximum Gasteiger partial charge on any atom is 0.183 e. The van der Waals surface area contributed by atoms with Gasteiger partial charge in [-0.05, 0) is 37.1 Å². The summed E-state index contributed by atoms with van der Waals surface area (Å²) in [6.07, 6.45) is 5.10. The summed E-state index contributed by atoms with van der Waals surface area (Å²) in [6.45, 7) is 2.90. The molecular weight excluding hydrogens is 322 g/mol. The van der Waals surface area contributed by atoms with Crippen molar-refractivity contribution in [2.24, 2.45) is 4.99 Å². The van der Waals surface area contributed by atoms with Gasteiger partial charge in [0, 0.05) is 19.3 Å². The molecule has 1 aromatic heterocycles. The van der Waals surface area contributed by atoms with Crippen LogP contribution in [0.25, 0.3) is 12.2 Å². The van der Waals surface area contributed by atoms with E-state index >= 15 is 0 Å². The van der Waals surface area contributed by atoms with Crippen molar-refractivity contribution in [3.63, 3.8) is 0 Å². The lowest BCUT2D eigenvalue weighted by Crippen LogP contribution is -2.34. The first kappa shape index (κ1) is 16.6. The van der Waals surface area contributed by atoms with E-state index in [0.29, 0.717) is 0 Å². The summed E-state index contributed by atoms with van der Waals surface area (Å²) in [5.41, 5.74) is 2.97. The fourth-order valence-electron chi connectivity index (χ4n) is 2.66. The van der Waals surface area contributed by atoms with Crippen molar-refractivity contribution < 1.29 is 9.26 Å². The maximum absolute atomic E-state index is 5.54. The first-order valence-electron chi connectivity index (χ1n) is 7.88. The van der Waals surface area contributed by atoms with Gasteiger partial charge in [-0.15, -0.1) is 0 Å². The first-order chi connectivity index (χ1) is 11.7. The zero-order chi connectivity index (χ0) is 16.9. The largest absolute Gasteiger partial charge is 0.497 e. The Bertz CT molecular complexity index is 750. The van der Waals surface area contributed by atoms with Gasteiger partial charge in [0.15, 0.2) is 10.9 Å². The van der Waals surface area contributed by atoms with Crippen LogP contribution in [0.5, 0.6) is 5.75 Å². The van der Waals surface area contributed by atoms with Gasteiger partial charge in [0.1, 0.15) is 17.1 Å². The van der Waals surface area contributed by atoms with Crippen LogP contribution in [0.4, 0.5) is 5.69 Å². The van der Waals surface area contributed by atoms with Crippen molar-refractivity contribution in [1.29, 1.82) is 0 Å². The second-order valence-corrected chi connectivity index (χ2v) is 6.51. The third kappa shape index (κ3) is 3.48. The molecule has 0 N–H and O–H groups in total. The van der Waals surface area contributed by atoms with E-state index in [2.05, 4.69) is 15.0 Å². The molecule has 0 atom stereocenters. The number of amidine groups is 1. The van der Waals surface area contributed by atoms with E-state index in [1.807, 2.05) is 50.4 Å². The van der Waals surface area contributed by atoms with Crippen LogP contribution < -0.4 is 9.64 Å². The van der Waals surface area contributed by atoms with Gasteiger partial charge in [-0.1, -0.05) is 35.1 Å². The molecule has 0 radical (unpaired) electrons. The normalized spacial score (nSPS) is 17.0. The SMILES string of the molecule is CN=C1SCCCN1c1c(C)noc1/C=C/c1ccc(OC)cc1. The van der Waals surface area contributed by atoms with E-state index in [-0.39, 0.29) is 0 Å². The molecule has 126 valence electrons. The molecule has 1 saturated heterocycles. The van der Waals surface area contributed by atoms with Crippen molar-refractivity contribution in [1.82, 2.24) is 5.16 Å². The molecule has 1 aromatic carbocycles. The second kappa shape index (κ2) is 7.57. The highest BCUT2D eigenvalue weighted by Gasteiger charge is 2.25. The molecule has 3 rings (SSSR count). The molecule has 0 saturated carbocycles. The quantitative estimate of drug-likeness (QED) is 0.837. The number of methoxy groups -OCH3 is 1. The summed E-state index contributed by atoms with van der Waals surface area (Å²) in [5.74, 6) is 2.70. The van der Waals surface area contributed by atoms with E-state index < -0.39 is 0 Å². The highest BCUT2D eigenvalue weighted by molar-refractivity contribution is 8.14. The maximum atomic E-state index is 5.54. The molecule has 1 fully saturated rings. The minimum Gasteiger partial charge on any atom is -0.497 e. The zero-order valence-electron chi connectivity index (χ0n) is 14.2. The minimum absolute atomic E-state index is 0.756. The van der Waals surface area contributed by atoms with Gasteiger partial charge in [0.05, 0.1) is 7.11 Å². The van der Waals surface area contributed by atoms with E-state index in [4.69, 9.17) is 9.26 Å². The summed E-state index contributed by atoms with van der Waals surface area (Å²) < 4.78 is 10.7. The monoisotopic (exact) mass is 343 g/mol. The molecule has 24 heavy (non-hydrogen) atoms. The Hall–Kier alpha value is -2.21. The van der Waals surface area contributed by atoms with Gasteiger partial charge in [-0.2, -0.15) is 0 Å². The summed E-state index contributed by atoms with van der Waals surface area (Å²) in [5, 5.41) is 5.17. The highest BCUT2D eigenvalue weighted by Crippen LogP contribution is 2.32. The van der Waals surface area contributed by atoms with Gasteiger partial charge in [0.25, 0.3) is 0 Å². The van der Waals surface area contributed by atoms with Crippen molar-refractivity contribution in [3.8, 4) is 5.75 Å². The number of aromatic nitrogens is 1.